The topological polar surface area (TPSA) is 75.1 Å². The summed E-state index contributed by atoms with van der Waals surface area (Å²) in [5.41, 5.74) is 3.59. The van der Waals surface area contributed by atoms with Gasteiger partial charge in [0.25, 0.3) is 0 Å². The molecule has 1 amide bonds. The third kappa shape index (κ3) is 3.34. The number of hydrogen-bond donors (Lipinski definition) is 0. The van der Waals surface area contributed by atoms with Crippen molar-refractivity contribution in [1.82, 2.24) is 20.2 Å². The van der Waals surface area contributed by atoms with Crippen LogP contribution in [0.25, 0.3) is 22.5 Å². The minimum Gasteiger partial charge on any atom is -0.340 e. The molecule has 0 saturated heterocycles. The number of carbonyl (C=O) groups excluding carboxylic acids is 1. The Morgan fingerprint density at radius 1 is 1.00 bits per heavy atom. The van der Waals surface area contributed by atoms with Gasteiger partial charge in [0.05, 0.1) is 18.6 Å². The van der Waals surface area contributed by atoms with Gasteiger partial charge in [-0.25, -0.2) is 9.97 Å². The van der Waals surface area contributed by atoms with Crippen LogP contribution in [0.1, 0.15) is 39.0 Å². The third-order valence-corrected chi connectivity index (χ3v) is 6.47. The monoisotopic (exact) mass is 414 g/mol. The van der Waals surface area contributed by atoms with Gasteiger partial charge in [-0.05, 0) is 24.8 Å². The minimum atomic E-state index is -0.187. The van der Waals surface area contributed by atoms with E-state index in [2.05, 4.69) is 27.0 Å². The lowest BCUT2D eigenvalue weighted by Crippen LogP contribution is -2.55. The van der Waals surface area contributed by atoms with Crippen LogP contribution < -0.4 is 9.80 Å². The van der Waals surface area contributed by atoms with Gasteiger partial charge in [-0.2, -0.15) is 10.2 Å². The summed E-state index contributed by atoms with van der Waals surface area (Å²) in [6.45, 7) is 2.08. The van der Waals surface area contributed by atoms with Gasteiger partial charge in [0.15, 0.2) is 11.6 Å². The van der Waals surface area contributed by atoms with Crippen molar-refractivity contribution in [2.75, 3.05) is 16.8 Å². The Morgan fingerprint density at radius 3 is 2.42 bits per heavy atom. The number of hydrogen-bond acceptors (Lipinski definition) is 6. The lowest BCUT2D eigenvalue weighted by Gasteiger charge is -2.43. The van der Waals surface area contributed by atoms with E-state index in [1.54, 1.807) is 23.5 Å². The third-order valence-electron chi connectivity index (χ3n) is 6.47. The van der Waals surface area contributed by atoms with Gasteiger partial charge < -0.3 is 9.80 Å². The Balaban J connectivity index is 1.66. The van der Waals surface area contributed by atoms with Crippen molar-refractivity contribution < 1.29 is 4.79 Å². The van der Waals surface area contributed by atoms with E-state index in [1.807, 2.05) is 37.4 Å². The first kappa shape index (κ1) is 19.6. The zero-order valence-electron chi connectivity index (χ0n) is 17.9. The second-order valence-corrected chi connectivity index (χ2v) is 8.25. The molecule has 0 bridgehead atoms. The van der Waals surface area contributed by atoms with E-state index in [-0.39, 0.29) is 11.9 Å². The fourth-order valence-electron chi connectivity index (χ4n) is 4.86. The molecule has 1 unspecified atom stereocenters. The summed E-state index contributed by atoms with van der Waals surface area (Å²) < 4.78 is 0. The van der Waals surface area contributed by atoms with Crippen molar-refractivity contribution in [3.63, 3.8) is 0 Å². The highest BCUT2D eigenvalue weighted by molar-refractivity contribution is 6.04. The molecule has 2 aromatic heterocycles. The van der Waals surface area contributed by atoms with E-state index in [4.69, 9.17) is 4.98 Å². The first-order valence-corrected chi connectivity index (χ1v) is 11.0. The fourth-order valence-corrected chi connectivity index (χ4v) is 4.86. The standard InChI is InChI=1S/C24H26N6O/c1-3-20-24(31)29(2)21-15-25-22(28-23(21)30(20)17-11-7-8-12-17)19-14-27-26-13-18(19)16-9-5-4-6-10-16/h4-6,9-10,13-15,17,20H,3,7-8,11-12H2,1-2H3. The summed E-state index contributed by atoms with van der Waals surface area (Å²) >= 11 is 0. The van der Waals surface area contributed by atoms with Crippen LogP contribution in [0.2, 0.25) is 0 Å². The quantitative estimate of drug-likeness (QED) is 0.640. The summed E-state index contributed by atoms with van der Waals surface area (Å²) in [5.74, 6) is 1.57. The average Bonchev–Trinajstić information content (AvgIpc) is 3.36. The van der Waals surface area contributed by atoms with Crippen molar-refractivity contribution in [3.05, 3.63) is 48.9 Å². The van der Waals surface area contributed by atoms with Crippen LogP contribution in [0.4, 0.5) is 11.5 Å². The van der Waals surface area contributed by atoms with E-state index in [0.29, 0.717) is 11.9 Å². The summed E-state index contributed by atoms with van der Waals surface area (Å²) in [7, 11) is 1.82. The molecule has 3 heterocycles. The summed E-state index contributed by atoms with van der Waals surface area (Å²) in [5, 5.41) is 8.20. The van der Waals surface area contributed by atoms with Gasteiger partial charge in [0.2, 0.25) is 5.91 Å². The van der Waals surface area contributed by atoms with Gasteiger partial charge in [0.1, 0.15) is 11.7 Å². The van der Waals surface area contributed by atoms with Crippen molar-refractivity contribution in [1.29, 1.82) is 0 Å². The second-order valence-electron chi connectivity index (χ2n) is 8.25. The van der Waals surface area contributed by atoms with Gasteiger partial charge in [-0.15, -0.1) is 0 Å². The number of fused-ring (bicyclic) bond motifs is 1. The number of carbonyl (C=O) groups is 1. The van der Waals surface area contributed by atoms with Crippen LogP contribution in [0.15, 0.2) is 48.9 Å². The molecule has 1 fully saturated rings. The van der Waals surface area contributed by atoms with Crippen LogP contribution in [0.5, 0.6) is 0 Å². The predicted octanol–water partition coefficient (Wildman–Crippen LogP) is 4.10. The van der Waals surface area contributed by atoms with Crippen LogP contribution in [0, 0.1) is 0 Å². The highest BCUT2D eigenvalue weighted by Crippen LogP contribution is 2.40. The van der Waals surface area contributed by atoms with Crippen LogP contribution >= 0.6 is 0 Å². The Hall–Kier alpha value is -3.35. The first-order valence-electron chi connectivity index (χ1n) is 11.0. The number of rotatable bonds is 4. The molecule has 31 heavy (non-hydrogen) atoms. The molecule has 7 heteroatoms. The zero-order chi connectivity index (χ0) is 21.4. The molecule has 0 spiro atoms. The average molecular weight is 415 g/mol. The molecule has 1 atom stereocenters. The normalized spacial score (nSPS) is 19.0. The molecule has 5 rings (SSSR count). The molecule has 1 aromatic carbocycles. The Morgan fingerprint density at radius 2 is 1.71 bits per heavy atom. The SMILES string of the molecule is CCC1C(=O)N(C)c2cnc(-c3cnncc3-c3ccccc3)nc2N1C1CCCC1. The number of aromatic nitrogens is 4. The fraction of sp³-hybridized carbons (Fsp3) is 0.375. The Kier molecular flexibility index (Phi) is 5.10. The molecule has 7 nitrogen and oxygen atoms in total. The van der Waals surface area contributed by atoms with Crippen molar-refractivity contribution in [2.45, 2.75) is 51.1 Å². The molecule has 158 valence electrons. The molecular weight excluding hydrogens is 388 g/mol. The largest absolute Gasteiger partial charge is 0.340 e. The molecule has 0 radical (unpaired) electrons. The predicted molar refractivity (Wildman–Crippen MR) is 121 cm³/mol. The first-order chi connectivity index (χ1) is 15.2. The van der Waals surface area contributed by atoms with Gasteiger partial charge in [0, 0.05) is 24.2 Å². The van der Waals surface area contributed by atoms with Crippen LogP contribution in [-0.4, -0.2) is 45.2 Å². The maximum Gasteiger partial charge on any atom is 0.249 e. The molecule has 0 N–H and O–H groups in total. The molecule has 1 aliphatic heterocycles. The molecule has 1 saturated carbocycles. The molecule has 1 aliphatic carbocycles. The smallest absolute Gasteiger partial charge is 0.249 e. The van der Waals surface area contributed by atoms with E-state index in [9.17, 15) is 4.79 Å². The van der Waals surface area contributed by atoms with Crippen LogP contribution in [-0.2, 0) is 4.79 Å². The van der Waals surface area contributed by atoms with E-state index in [1.165, 1.54) is 12.8 Å². The number of amides is 1. The van der Waals surface area contributed by atoms with Crippen molar-refractivity contribution >= 4 is 17.4 Å². The Labute approximate surface area is 182 Å². The highest BCUT2D eigenvalue weighted by Gasteiger charge is 2.41. The second kappa shape index (κ2) is 8.06. The van der Waals surface area contributed by atoms with Gasteiger partial charge in [-0.3, -0.25) is 4.79 Å². The summed E-state index contributed by atoms with van der Waals surface area (Å²) in [6.07, 6.45) is 10.6. The minimum absolute atomic E-state index is 0.119. The number of nitrogens with zero attached hydrogens (tertiary/aromatic N) is 6. The maximum atomic E-state index is 13.1. The zero-order valence-corrected chi connectivity index (χ0v) is 17.9. The van der Waals surface area contributed by atoms with Crippen molar-refractivity contribution in [2.24, 2.45) is 0 Å². The Bertz CT molecular complexity index is 1100. The maximum absolute atomic E-state index is 13.1. The van der Waals surface area contributed by atoms with Crippen LogP contribution in [0.3, 0.4) is 0 Å². The number of benzene rings is 1. The highest BCUT2D eigenvalue weighted by atomic mass is 16.2. The number of anilines is 2. The van der Waals surface area contributed by atoms with E-state index < -0.39 is 0 Å². The molecule has 3 aromatic rings. The number of likely N-dealkylation sites (N-methyl/N-ethyl adjacent to an activating group) is 1. The van der Waals surface area contributed by atoms with E-state index in [0.717, 1.165) is 47.5 Å². The van der Waals surface area contributed by atoms with Gasteiger partial charge >= 0.3 is 0 Å². The van der Waals surface area contributed by atoms with Crippen molar-refractivity contribution in [3.8, 4) is 22.5 Å². The molecule has 2 aliphatic rings. The van der Waals surface area contributed by atoms with E-state index >= 15 is 0 Å². The molecular formula is C24H26N6O. The lowest BCUT2D eigenvalue weighted by atomic mass is 10.0. The lowest BCUT2D eigenvalue weighted by molar-refractivity contribution is -0.120. The summed E-state index contributed by atoms with van der Waals surface area (Å²) in [6, 6.07) is 10.2. The van der Waals surface area contributed by atoms with Gasteiger partial charge in [-0.1, -0.05) is 50.1 Å². The summed E-state index contributed by atoms with van der Waals surface area (Å²) in [4.78, 5) is 26.7.